The van der Waals surface area contributed by atoms with E-state index in [4.69, 9.17) is 15.2 Å². The van der Waals surface area contributed by atoms with E-state index >= 15 is 0 Å². The fraction of sp³-hybridized carbons (Fsp3) is 0.120. The number of hydrogen-bond acceptors (Lipinski definition) is 4. The Balaban J connectivity index is 1.68. The lowest BCUT2D eigenvalue weighted by atomic mass is 10.1. The number of carbonyl (C=O) groups is 2. The molecule has 6 heteroatoms. The first-order valence-electron chi connectivity index (χ1n) is 9.71. The third-order valence-corrected chi connectivity index (χ3v) is 4.64. The van der Waals surface area contributed by atoms with Crippen molar-refractivity contribution in [3.05, 3.63) is 102 Å². The summed E-state index contributed by atoms with van der Waals surface area (Å²) in [6.45, 7) is 4.64. The van der Waals surface area contributed by atoms with Crippen LogP contribution in [0, 0.1) is 0 Å². The van der Waals surface area contributed by atoms with E-state index in [-0.39, 0.29) is 5.91 Å². The number of primary amides is 1. The molecule has 0 fully saturated rings. The summed E-state index contributed by atoms with van der Waals surface area (Å²) < 4.78 is 10.9. The van der Waals surface area contributed by atoms with Gasteiger partial charge in [0.2, 0.25) is 5.91 Å². The SMILES string of the molecule is C=CCN(Cc1ccc(OC)cc1)C(=O)c1ccc(Oc2ccc(C(N)=O)cc2)cc1. The monoisotopic (exact) mass is 416 g/mol. The Morgan fingerprint density at radius 2 is 1.39 bits per heavy atom. The van der Waals surface area contributed by atoms with E-state index in [0.29, 0.717) is 35.7 Å². The minimum absolute atomic E-state index is 0.104. The highest BCUT2D eigenvalue weighted by Crippen LogP contribution is 2.23. The molecule has 0 saturated carbocycles. The fourth-order valence-electron chi connectivity index (χ4n) is 3.00. The summed E-state index contributed by atoms with van der Waals surface area (Å²) in [5, 5.41) is 0. The first kappa shape index (κ1) is 21.6. The molecule has 2 amide bonds. The quantitative estimate of drug-likeness (QED) is 0.524. The first-order valence-corrected chi connectivity index (χ1v) is 9.71. The summed E-state index contributed by atoms with van der Waals surface area (Å²) in [6.07, 6.45) is 1.70. The number of hydrogen-bond donors (Lipinski definition) is 1. The third kappa shape index (κ3) is 5.73. The van der Waals surface area contributed by atoms with Crippen molar-refractivity contribution < 1.29 is 19.1 Å². The summed E-state index contributed by atoms with van der Waals surface area (Å²) in [4.78, 5) is 25.9. The molecule has 0 aliphatic rings. The Hall–Kier alpha value is -4.06. The number of carbonyl (C=O) groups excluding carboxylic acids is 2. The molecule has 0 heterocycles. The second-order valence-electron chi connectivity index (χ2n) is 6.84. The molecule has 0 spiro atoms. The molecule has 0 aliphatic heterocycles. The van der Waals surface area contributed by atoms with Gasteiger partial charge in [-0.25, -0.2) is 0 Å². The first-order chi connectivity index (χ1) is 15.0. The number of ether oxygens (including phenoxy) is 2. The van der Waals surface area contributed by atoms with E-state index in [1.807, 2.05) is 24.3 Å². The Labute approximate surface area is 181 Å². The molecular formula is C25H24N2O4. The Morgan fingerprint density at radius 3 is 1.87 bits per heavy atom. The minimum Gasteiger partial charge on any atom is -0.497 e. The standard InChI is InChI=1S/C25H24N2O4/c1-3-16-27(17-18-4-10-21(30-2)11-5-18)25(29)20-8-14-23(15-9-20)31-22-12-6-19(7-13-22)24(26)28/h3-15H,1,16-17H2,2H3,(H2,26,28). The molecule has 0 aliphatic carbocycles. The van der Waals surface area contributed by atoms with Gasteiger partial charge >= 0.3 is 0 Å². The highest BCUT2D eigenvalue weighted by molar-refractivity contribution is 5.94. The molecule has 6 nitrogen and oxygen atoms in total. The molecule has 0 saturated heterocycles. The Morgan fingerprint density at radius 1 is 0.871 bits per heavy atom. The number of nitrogens with two attached hydrogens (primary N) is 1. The predicted molar refractivity (Wildman–Crippen MR) is 119 cm³/mol. The maximum absolute atomic E-state index is 13.0. The lowest BCUT2D eigenvalue weighted by Crippen LogP contribution is -2.30. The van der Waals surface area contributed by atoms with Gasteiger partial charge in [-0.15, -0.1) is 6.58 Å². The van der Waals surface area contributed by atoms with Crippen LogP contribution in [0.2, 0.25) is 0 Å². The van der Waals surface area contributed by atoms with Crippen LogP contribution in [0.25, 0.3) is 0 Å². The van der Waals surface area contributed by atoms with Crippen LogP contribution in [0.15, 0.2) is 85.5 Å². The summed E-state index contributed by atoms with van der Waals surface area (Å²) in [7, 11) is 1.62. The number of rotatable bonds is 9. The third-order valence-electron chi connectivity index (χ3n) is 4.64. The van der Waals surface area contributed by atoms with Crippen LogP contribution in [-0.4, -0.2) is 30.4 Å². The number of benzene rings is 3. The molecule has 0 aromatic heterocycles. The molecule has 31 heavy (non-hydrogen) atoms. The zero-order chi connectivity index (χ0) is 22.2. The van der Waals surface area contributed by atoms with Gasteiger partial charge in [0, 0.05) is 24.2 Å². The van der Waals surface area contributed by atoms with Gasteiger partial charge in [-0.2, -0.15) is 0 Å². The van der Waals surface area contributed by atoms with Gasteiger partial charge in [0.05, 0.1) is 7.11 Å². The summed E-state index contributed by atoms with van der Waals surface area (Å²) in [5.74, 6) is 1.32. The van der Waals surface area contributed by atoms with E-state index in [1.165, 1.54) is 0 Å². The van der Waals surface area contributed by atoms with E-state index < -0.39 is 5.91 Å². The van der Waals surface area contributed by atoms with Gasteiger partial charge in [0.15, 0.2) is 0 Å². The molecule has 0 unspecified atom stereocenters. The van der Waals surface area contributed by atoms with Gasteiger partial charge in [-0.05, 0) is 66.2 Å². The van der Waals surface area contributed by atoms with Crippen LogP contribution < -0.4 is 15.2 Å². The summed E-state index contributed by atoms with van der Waals surface area (Å²) >= 11 is 0. The lowest BCUT2D eigenvalue weighted by Gasteiger charge is -2.21. The Bertz CT molecular complexity index is 1040. The smallest absolute Gasteiger partial charge is 0.254 e. The van der Waals surface area contributed by atoms with Crippen molar-refractivity contribution in [2.45, 2.75) is 6.54 Å². The van der Waals surface area contributed by atoms with Crippen molar-refractivity contribution in [2.24, 2.45) is 5.73 Å². The molecule has 2 N–H and O–H groups in total. The van der Waals surface area contributed by atoms with Crippen LogP contribution in [-0.2, 0) is 6.54 Å². The second-order valence-corrected chi connectivity index (χ2v) is 6.84. The van der Waals surface area contributed by atoms with Gasteiger partial charge in [-0.1, -0.05) is 18.2 Å². The second kappa shape index (κ2) is 10.1. The topological polar surface area (TPSA) is 81.9 Å². The van der Waals surface area contributed by atoms with Crippen LogP contribution >= 0.6 is 0 Å². The van der Waals surface area contributed by atoms with Gasteiger partial charge in [-0.3, -0.25) is 9.59 Å². The molecule has 0 radical (unpaired) electrons. The number of methoxy groups -OCH3 is 1. The minimum atomic E-state index is -0.492. The van der Waals surface area contributed by atoms with E-state index in [9.17, 15) is 9.59 Å². The van der Waals surface area contributed by atoms with Crippen molar-refractivity contribution in [3.63, 3.8) is 0 Å². The number of nitrogens with zero attached hydrogens (tertiary/aromatic N) is 1. The van der Waals surface area contributed by atoms with Crippen molar-refractivity contribution in [2.75, 3.05) is 13.7 Å². The Kier molecular flexibility index (Phi) is 7.06. The normalized spacial score (nSPS) is 10.2. The van der Waals surface area contributed by atoms with Crippen LogP contribution in [0.1, 0.15) is 26.3 Å². The largest absolute Gasteiger partial charge is 0.497 e. The van der Waals surface area contributed by atoms with E-state index in [1.54, 1.807) is 66.6 Å². The molecule has 0 atom stereocenters. The van der Waals surface area contributed by atoms with Gasteiger partial charge in [0.1, 0.15) is 17.2 Å². The summed E-state index contributed by atoms with van der Waals surface area (Å²) in [5.41, 5.74) is 7.19. The molecule has 3 rings (SSSR count). The zero-order valence-electron chi connectivity index (χ0n) is 17.3. The van der Waals surface area contributed by atoms with Crippen molar-refractivity contribution in [3.8, 4) is 17.2 Å². The maximum atomic E-state index is 13.0. The zero-order valence-corrected chi connectivity index (χ0v) is 17.3. The van der Waals surface area contributed by atoms with Gasteiger partial charge < -0.3 is 20.1 Å². The van der Waals surface area contributed by atoms with Crippen LogP contribution in [0.5, 0.6) is 17.2 Å². The number of amides is 2. The molecular weight excluding hydrogens is 392 g/mol. The van der Waals surface area contributed by atoms with Crippen molar-refractivity contribution in [1.82, 2.24) is 4.90 Å². The molecule has 3 aromatic carbocycles. The van der Waals surface area contributed by atoms with Crippen molar-refractivity contribution in [1.29, 1.82) is 0 Å². The predicted octanol–water partition coefficient (Wildman–Crippen LogP) is 4.41. The average molecular weight is 416 g/mol. The van der Waals surface area contributed by atoms with Crippen molar-refractivity contribution >= 4 is 11.8 Å². The highest BCUT2D eigenvalue weighted by atomic mass is 16.5. The van der Waals surface area contributed by atoms with Crippen LogP contribution in [0.4, 0.5) is 0 Å². The lowest BCUT2D eigenvalue weighted by molar-refractivity contribution is 0.0762. The molecule has 158 valence electrons. The summed E-state index contributed by atoms with van der Waals surface area (Å²) in [6, 6.07) is 21.0. The van der Waals surface area contributed by atoms with Crippen LogP contribution in [0.3, 0.4) is 0 Å². The average Bonchev–Trinajstić information content (AvgIpc) is 2.79. The van der Waals surface area contributed by atoms with E-state index in [2.05, 4.69) is 6.58 Å². The fourth-order valence-corrected chi connectivity index (χ4v) is 3.00. The maximum Gasteiger partial charge on any atom is 0.254 e. The molecule has 0 bridgehead atoms. The van der Waals surface area contributed by atoms with E-state index in [0.717, 1.165) is 11.3 Å². The van der Waals surface area contributed by atoms with Gasteiger partial charge in [0.25, 0.3) is 5.91 Å². The highest BCUT2D eigenvalue weighted by Gasteiger charge is 2.15. The molecule has 3 aromatic rings.